The molecule has 1 aliphatic carbocycles. The lowest BCUT2D eigenvalue weighted by Gasteiger charge is -2.31. The number of fused-ring (bicyclic) bond motifs is 3. The second kappa shape index (κ2) is 11.4. The first kappa shape index (κ1) is 24.8. The highest BCUT2D eigenvalue weighted by Crippen LogP contribution is 2.44. The highest BCUT2D eigenvalue weighted by molar-refractivity contribution is 5.80. The van der Waals surface area contributed by atoms with Gasteiger partial charge in [0, 0.05) is 31.5 Å². The van der Waals surface area contributed by atoms with Gasteiger partial charge in [-0.2, -0.15) is 0 Å². The Kier molecular flexibility index (Phi) is 8.06. The molecule has 1 fully saturated rings. The van der Waals surface area contributed by atoms with Crippen molar-refractivity contribution in [1.29, 1.82) is 0 Å². The number of rotatable bonds is 9. The largest absolute Gasteiger partial charge is 0.481 e. The molecule has 7 heteroatoms. The summed E-state index contributed by atoms with van der Waals surface area (Å²) < 4.78 is 5.68. The summed E-state index contributed by atoms with van der Waals surface area (Å²) in [7, 11) is 0. The van der Waals surface area contributed by atoms with Crippen LogP contribution in [0.2, 0.25) is 0 Å². The van der Waals surface area contributed by atoms with Crippen molar-refractivity contribution >= 4 is 18.0 Å². The summed E-state index contributed by atoms with van der Waals surface area (Å²) in [6.07, 6.45) is 3.18. The normalized spacial score (nSPS) is 16.3. The van der Waals surface area contributed by atoms with Gasteiger partial charge >= 0.3 is 12.1 Å². The Hall–Kier alpha value is -3.35. The Bertz CT molecular complexity index is 1020. The van der Waals surface area contributed by atoms with E-state index >= 15 is 0 Å². The number of carbonyl (C=O) groups excluding carboxylic acids is 2. The molecule has 0 unspecified atom stereocenters. The van der Waals surface area contributed by atoms with Crippen molar-refractivity contribution < 1.29 is 24.2 Å². The van der Waals surface area contributed by atoms with Gasteiger partial charge in [0.1, 0.15) is 6.61 Å². The summed E-state index contributed by atoms with van der Waals surface area (Å²) in [6.45, 7) is 3.20. The summed E-state index contributed by atoms with van der Waals surface area (Å²) in [5.41, 5.74) is 4.67. The minimum absolute atomic E-state index is 0.0144. The molecule has 1 heterocycles. The Morgan fingerprint density at radius 1 is 1.03 bits per heavy atom. The van der Waals surface area contributed by atoms with E-state index in [1.54, 1.807) is 4.90 Å². The van der Waals surface area contributed by atoms with Gasteiger partial charge in [0.25, 0.3) is 0 Å². The van der Waals surface area contributed by atoms with Crippen LogP contribution in [-0.4, -0.2) is 53.7 Å². The van der Waals surface area contributed by atoms with E-state index < -0.39 is 12.1 Å². The highest BCUT2D eigenvalue weighted by Gasteiger charge is 2.30. The molecule has 7 nitrogen and oxygen atoms in total. The smallest absolute Gasteiger partial charge is 0.407 e. The number of unbranched alkanes of at least 4 members (excludes halogenated alkanes) is 1. The maximum absolute atomic E-state index is 12.9. The minimum atomic E-state index is -0.796. The molecule has 35 heavy (non-hydrogen) atoms. The molecule has 0 bridgehead atoms. The number of nitrogens with zero attached hydrogens (tertiary/aromatic N) is 1. The fourth-order valence-electron chi connectivity index (χ4n) is 5.20. The SMILES string of the molecule is CCCC[C@H](CC(=O)N1CCC(C(=O)O)CC1)NC(=O)OCC1c2ccccc2-c2ccccc21. The Labute approximate surface area is 206 Å². The number of hydrogen-bond acceptors (Lipinski definition) is 4. The van der Waals surface area contributed by atoms with E-state index in [0.29, 0.717) is 32.4 Å². The summed E-state index contributed by atoms with van der Waals surface area (Å²) in [5, 5.41) is 12.1. The van der Waals surface area contributed by atoms with Crippen LogP contribution in [0.3, 0.4) is 0 Å². The van der Waals surface area contributed by atoms with Crippen molar-refractivity contribution in [3.8, 4) is 11.1 Å². The maximum Gasteiger partial charge on any atom is 0.407 e. The number of ether oxygens (including phenoxy) is 1. The number of carboxylic acids is 1. The van der Waals surface area contributed by atoms with E-state index in [4.69, 9.17) is 4.74 Å². The van der Waals surface area contributed by atoms with Crippen molar-refractivity contribution in [2.75, 3.05) is 19.7 Å². The van der Waals surface area contributed by atoms with E-state index in [-0.39, 0.29) is 36.8 Å². The molecule has 2 aliphatic rings. The van der Waals surface area contributed by atoms with Crippen LogP contribution in [-0.2, 0) is 14.3 Å². The number of aliphatic carboxylic acids is 1. The lowest BCUT2D eigenvalue weighted by atomic mass is 9.96. The molecule has 1 atom stereocenters. The fourth-order valence-corrected chi connectivity index (χ4v) is 5.20. The van der Waals surface area contributed by atoms with Gasteiger partial charge in [0.05, 0.1) is 5.92 Å². The highest BCUT2D eigenvalue weighted by atomic mass is 16.5. The summed E-state index contributed by atoms with van der Waals surface area (Å²) >= 11 is 0. The number of benzene rings is 2. The number of piperidine rings is 1. The predicted molar refractivity (Wildman–Crippen MR) is 133 cm³/mol. The number of hydrogen-bond donors (Lipinski definition) is 2. The molecule has 0 saturated carbocycles. The average molecular weight is 479 g/mol. The van der Waals surface area contributed by atoms with E-state index in [1.165, 1.54) is 11.1 Å². The number of amides is 2. The lowest BCUT2D eigenvalue weighted by molar-refractivity contribution is -0.145. The Morgan fingerprint density at radius 2 is 1.63 bits per heavy atom. The first-order valence-electron chi connectivity index (χ1n) is 12.6. The van der Waals surface area contributed by atoms with Gasteiger partial charge in [-0.1, -0.05) is 68.3 Å². The van der Waals surface area contributed by atoms with E-state index in [1.807, 2.05) is 24.3 Å². The standard InChI is InChI=1S/C28H34N2O5/c1-2-3-8-20(17-26(31)30-15-13-19(14-16-30)27(32)33)29-28(34)35-18-25-23-11-6-4-9-21(23)22-10-5-7-12-24(22)25/h4-7,9-12,19-20,25H,2-3,8,13-18H2,1H3,(H,29,34)(H,32,33)/t20-/m1/s1. The fraction of sp³-hybridized carbons (Fsp3) is 0.464. The predicted octanol–water partition coefficient (Wildman–Crippen LogP) is 4.80. The van der Waals surface area contributed by atoms with Gasteiger partial charge in [-0.05, 0) is 41.5 Å². The zero-order valence-corrected chi connectivity index (χ0v) is 20.2. The summed E-state index contributed by atoms with van der Waals surface area (Å²) in [4.78, 5) is 38.5. The monoisotopic (exact) mass is 478 g/mol. The molecule has 2 N–H and O–H groups in total. The molecule has 0 radical (unpaired) electrons. The third kappa shape index (κ3) is 5.84. The van der Waals surface area contributed by atoms with Crippen molar-refractivity contribution in [3.63, 3.8) is 0 Å². The second-order valence-corrected chi connectivity index (χ2v) is 9.51. The summed E-state index contributed by atoms with van der Waals surface area (Å²) in [6, 6.07) is 16.1. The number of nitrogens with one attached hydrogen (secondary N) is 1. The molecule has 2 aromatic rings. The van der Waals surface area contributed by atoms with Crippen LogP contribution in [0.25, 0.3) is 11.1 Å². The van der Waals surface area contributed by atoms with Gasteiger partial charge in [-0.15, -0.1) is 0 Å². The molecule has 2 aromatic carbocycles. The minimum Gasteiger partial charge on any atom is -0.481 e. The van der Waals surface area contributed by atoms with Crippen molar-refractivity contribution in [1.82, 2.24) is 10.2 Å². The first-order valence-corrected chi connectivity index (χ1v) is 12.6. The number of carbonyl (C=O) groups is 3. The van der Waals surface area contributed by atoms with Crippen LogP contribution in [0.15, 0.2) is 48.5 Å². The maximum atomic E-state index is 12.9. The molecule has 4 rings (SSSR count). The molecule has 1 aliphatic heterocycles. The van der Waals surface area contributed by atoms with Gasteiger partial charge in [0.15, 0.2) is 0 Å². The molecule has 1 saturated heterocycles. The third-order valence-electron chi connectivity index (χ3n) is 7.19. The zero-order valence-electron chi connectivity index (χ0n) is 20.2. The van der Waals surface area contributed by atoms with Crippen LogP contribution >= 0.6 is 0 Å². The van der Waals surface area contributed by atoms with Gasteiger partial charge in [0.2, 0.25) is 5.91 Å². The Balaban J connectivity index is 1.33. The quantitative estimate of drug-likeness (QED) is 0.540. The van der Waals surface area contributed by atoms with Crippen LogP contribution in [0.4, 0.5) is 4.79 Å². The lowest BCUT2D eigenvalue weighted by Crippen LogP contribution is -2.44. The van der Waals surface area contributed by atoms with E-state index in [0.717, 1.165) is 24.0 Å². The number of alkyl carbamates (subject to hydrolysis) is 1. The van der Waals surface area contributed by atoms with Crippen molar-refractivity contribution in [2.45, 2.75) is 57.4 Å². The first-order chi connectivity index (χ1) is 17.0. The molecule has 0 spiro atoms. The van der Waals surface area contributed by atoms with E-state index in [2.05, 4.69) is 36.5 Å². The van der Waals surface area contributed by atoms with Gasteiger partial charge in [-0.3, -0.25) is 9.59 Å². The number of carboxylic acid groups (broad SMARTS) is 1. The third-order valence-corrected chi connectivity index (χ3v) is 7.19. The van der Waals surface area contributed by atoms with Gasteiger partial charge < -0.3 is 20.1 Å². The molecular formula is C28H34N2O5. The van der Waals surface area contributed by atoms with Crippen LogP contribution in [0.5, 0.6) is 0 Å². The summed E-state index contributed by atoms with van der Waals surface area (Å²) in [5.74, 6) is -1.24. The molecular weight excluding hydrogens is 444 g/mol. The molecule has 0 aromatic heterocycles. The van der Waals surface area contributed by atoms with Crippen LogP contribution in [0, 0.1) is 5.92 Å². The molecule has 2 amide bonds. The van der Waals surface area contributed by atoms with Gasteiger partial charge in [-0.25, -0.2) is 4.79 Å². The second-order valence-electron chi connectivity index (χ2n) is 9.51. The molecule has 186 valence electrons. The van der Waals surface area contributed by atoms with Crippen LogP contribution < -0.4 is 5.32 Å². The average Bonchev–Trinajstić information content (AvgIpc) is 3.19. The number of likely N-dealkylation sites (tertiary alicyclic amines) is 1. The van der Waals surface area contributed by atoms with Crippen LogP contribution in [0.1, 0.15) is 62.5 Å². The van der Waals surface area contributed by atoms with E-state index in [9.17, 15) is 19.5 Å². The topological polar surface area (TPSA) is 95.9 Å². The van der Waals surface area contributed by atoms with Crippen molar-refractivity contribution in [2.24, 2.45) is 5.92 Å². The Morgan fingerprint density at radius 3 is 2.20 bits per heavy atom. The zero-order chi connectivity index (χ0) is 24.8. The van der Waals surface area contributed by atoms with Crippen molar-refractivity contribution in [3.05, 3.63) is 59.7 Å².